The molecule has 2 aromatic rings. The first-order chi connectivity index (χ1) is 9.62. The lowest BCUT2D eigenvalue weighted by Gasteiger charge is -2.09. The average Bonchev–Trinajstić information content (AvgIpc) is 2.43. The molecule has 106 valence electrons. The van der Waals surface area contributed by atoms with Crippen molar-refractivity contribution in [1.82, 2.24) is 9.97 Å². The molecule has 0 aliphatic heterocycles. The molecule has 6 heteroatoms. The highest BCUT2D eigenvalue weighted by Crippen LogP contribution is 2.26. The van der Waals surface area contributed by atoms with Crippen LogP contribution < -0.4 is 10.1 Å². The van der Waals surface area contributed by atoms with Crippen molar-refractivity contribution in [3.8, 4) is 11.6 Å². The second-order valence-corrected chi connectivity index (χ2v) is 5.04. The molecule has 0 saturated heterocycles. The molecule has 0 aliphatic carbocycles. The summed E-state index contributed by atoms with van der Waals surface area (Å²) < 4.78 is 19.2. The van der Waals surface area contributed by atoms with Gasteiger partial charge in [-0.2, -0.15) is 4.98 Å². The summed E-state index contributed by atoms with van der Waals surface area (Å²) in [6.07, 6.45) is 1.73. The maximum absolute atomic E-state index is 13.2. The smallest absolute Gasteiger partial charge is 0.224 e. The van der Waals surface area contributed by atoms with Crippen LogP contribution in [0.15, 0.2) is 28.7 Å². The Morgan fingerprint density at radius 3 is 2.75 bits per heavy atom. The molecule has 20 heavy (non-hydrogen) atoms. The van der Waals surface area contributed by atoms with Crippen LogP contribution in [0.1, 0.15) is 19.2 Å². The van der Waals surface area contributed by atoms with E-state index in [1.165, 1.54) is 6.07 Å². The number of nitrogens with zero attached hydrogens (tertiary/aromatic N) is 2. The second-order valence-electron chi connectivity index (χ2n) is 4.19. The summed E-state index contributed by atoms with van der Waals surface area (Å²) in [5, 5.41) is 2.97. The van der Waals surface area contributed by atoms with E-state index >= 15 is 0 Å². The predicted octanol–water partition coefficient (Wildman–Crippen LogP) is 4.16. The number of anilines is 1. The molecule has 0 unspecified atom stereocenters. The zero-order valence-corrected chi connectivity index (χ0v) is 12.9. The van der Waals surface area contributed by atoms with Crippen LogP contribution in [0.4, 0.5) is 10.2 Å². The standard InChI is InChI=1S/C14H15BrFN3O/c1-3-4-12-18-13(17-2)8-14(19-12)20-9-5-6-11(16)10(15)7-9/h5-8H,3-4H2,1-2H3,(H,17,18,19). The van der Waals surface area contributed by atoms with E-state index in [4.69, 9.17) is 4.74 Å². The van der Waals surface area contributed by atoms with E-state index in [9.17, 15) is 4.39 Å². The molecule has 2 rings (SSSR count). The molecule has 4 nitrogen and oxygen atoms in total. The largest absolute Gasteiger partial charge is 0.439 e. The molecule has 0 radical (unpaired) electrons. The molecule has 0 bridgehead atoms. The topological polar surface area (TPSA) is 47.0 Å². The number of nitrogens with one attached hydrogen (secondary N) is 1. The Balaban J connectivity index is 2.27. The second kappa shape index (κ2) is 6.65. The predicted molar refractivity (Wildman–Crippen MR) is 79.7 cm³/mol. The summed E-state index contributed by atoms with van der Waals surface area (Å²) in [4.78, 5) is 8.68. The summed E-state index contributed by atoms with van der Waals surface area (Å²) >= 11 is 3.13. The molecule has 1 aromatic carbocycles. The number of aromatic nitrogens is 2. The van der Waals surface area contributed by atoms with Crippen LogP contribution in [0.2, 0.25) is 0 Å². The van der Waals surface area contributed by atoms with Crippen LogP contribution in [0, 0.1) is 5.82 Å². The van der Waals surface area contributed by atoms with Crippen molar-refractivity contribution in [3.63, 3.8) is 0 Å². The van der Waals surface area contributed by atoms with Gasteiger partial charge >= 0.3 is 0 Å². The van der Waals surface area contributed by atoms with E-state index in [0.717, 1.165) is 18.7 Å². The van der Waals surface area contributed by atoms with Gasteiger partial charge in [0.05, 0.1) is 4.47 Å². The number of ether oxygens (including phenoxy) is 1. The van der Waals surface area contributed by atoms with E-state index < -0.39 is 0 Å². The fourth-order valence-electron chi connectivity index (χ4n) is 1.65. The van der Waals surface area contributed by atoms with Crippen LogP contribution in [-0.2, 0) is 6.42 Å². The van der Waals surface area contributed by atoms with Crippen LogP contribution >= 0.6 is 15.9 Å². The zero-order chi connectivity index (χ0) is 14.5. The number of halogens is 2. The van der Waals surface area contributed by atoms with Gasteiger partial charge in [0.2, 0.25) is 5.88 Å². The molecule has 0 fully saturated rings. The summed E-state index contributed by atoms with van der Waals surface area (Å²) in [7, 11) is 1.79. The van der Waals surface area contributed by atoms with E-state index in [1.807, 2.05) is 0 Å². The molecular weight excluding hydrogens is 325 g/mol. The Hall–Kier alpha value is -1.69. The number of hydrogen-bond donors (Lipinski definition) is 1. The Labute approximate surface area is 125 Å². The highest BCUT2D eigenvalue weighted by molar-refractivity contribution is 9.10. The third kappa shape index (κ3) is 3.66. The fraction of sp³-hybridized carbons (Fsp3) is 0.286. The van der Waals surface area contributed by atoms with Crippen molar-refractivity contribution in [1.29, 1.82) is 0 Å². The molecule has 1 N–H and O–H groups in total. The van der Waals surface area contributed by atoms with Gasteiger partial charge in [0.15, 0.2) is 0 Å². The molecular formula is C14H15BrFN3O. The summed E-state index contributed by atoms with van der Waals surface area (Å²) in [6.45, 7) is 2.06. The normalized spacial score (nSPS) is 10.4. The van der Waals surface area contributed by atoms with Gasteiger partial charge in [0.25, 0.3) is 0 Å². The highest BCUT2D eigenvalue weighted by atomic mass is 79.9. The maximum atomic E-state index is 13.2. The monoisotopic (exact) mass is 339 g/mol. The van der Waals surface area contributed by atoms with Crippen molar-refractivity contribution in [2.75, 3.05) is 12.4 Å². The molecule has 0 spiro atoms. The third-order valence-corrected chi connectivity index (χ3v) is 3.20. The maximum Gasteiger partial charge on any atom is 0.224 e. The van der Waals surface area contributed by atoms with Crippen molar-refractivity contribution < 1.29 is 9.13 Å². The number of benzene rings is 1. The van der Waals surface area contributed by atoms with Gasteiger partial charge in [-0.3, -0.25) is 0 Å². The van der Waals surface area contributed by atoms with E-state index in [1.54, 1.807) is 25.2 Å². The molecule has 0 aliphatic rings. The van der Waals surface area contributed by atoms with Gasteiger partial charge in [-0.1, -0.05) is 6.92 Å². The van der Waals surface area contributed by atoms with Gasteiger partial charge in [0.1, 0.15) is 23.2 Å². The molecule has 0 atom stereocenters. The average molecular weight is 340 g/mol. The SMILES string of the molecule is CCCc1nc(NC)cc(Oc2ccc(F)c(Br)c2)n1. The highest BCUT2D eigenvalue weighted by Gasteiger charge is 2.07. The lowest BCUT2D eigenvalue weighted by atomic mass is 10.3. The van der Waals surface area contributed by atoms with E-state index in [0.29, 0.717) is 21.9 Å². The van der Waals surface area contributed by atoms with Gasteiger partial charge in [-0.15, -0.1) is 0 Å². The number of hydrogen-bond acceptors (Lipinski definition) is 4. The van der Waals surface area contributed by atoms with Gasteiger partial charge in [-0.25, -0.2) is 9.37 Å². The molecule has 1 heterocycles. The lowest BCUT2D eigenvalue weighted by molar-refractivity contribution is 0.456. The zero-order valence-electron chi connectivity index (χ0n) is 11.3. The van der Waals surface area contributed by atoms with Gasteiger partial charge < -0.3 is 10.1 Å². The first kappa shape index (κ1) is 14.7. The van der Waals surface area contributed by atoms with Gasteiger partial charge in [-0.05, 0) is 40.5 Å². The van der Waals surface area contributed by atoms with Crippen molar-refractivity contribution in [3.05, 3.63) is 40.4 Å². The van der Waals surface area contributed by atoms with Crippen LogP contribution in [-0.4, -0.2) is 17.0 Å². The molecule has 0 amide bonds. The Morgan fingerprint density at radius 1 is 1.30 bits per heavy atom. The first-order valence-corrected chi connectivity index (χ1v) is 7.10. The van der Waals surface area contributed by atoms with Crippen molar-refractivity contribution in [2.24, 2.45) is 0 Å². The quantitative estimate of drug-likeness (QED) is 0.888. The van der Waals surface area contributed by atoms with Crippen molar-refractivity contribution >= 4 is 21.7 Å². The molecule has 0 saturated carbocycles. The summed E-state index contributed by atoms with van der Waals surface area (Å²) in [5.41, 5.74) is 0. The van der Waals surface area contributed by atoms with Crippen LogP contribution in [0.25, 0.3) is 0 Å². The Kier molecular flexibility index (Phi) is 4.89. The summed E-state index contributed by atoms with van der Waals surface area (Å²) in [5.74, 6) is 2.03. The minimum atomic E-state index is -0.331. The minimum Gasteiger partial charge on any atom is -0.439 e. The number of rotatable bonds is 5. The first-order valence-electron chi connectivity index (χ1n) is 6.31. The van der Waals surface area contributed by atoms with Crippen LogP contribution in [0.3, 0.4) is 0 Å². The van der Waals surface area contributed by atoms with E-state index in [-0.39, 0.29) is 5.82 Å². The van der Waals surface area contributed by atoms with Crippen LogP contribution in [0.5, 0.6) is 11.6 Å². The fourth-order valence-corrected chi connectivity index (χ4v) is 2.01. The Bertz CT molecular complexity index is 607. The lowest BCUT2D eigenvalue weighted by Crippen LogP contribution is -2.01. The Morgan fingerprint density at radius 2 is 2.10 bits per heavy atom. The minimum absolute atomic E-state index is 0.331. The summed E-state index contributed by atoms with van der Waals surface area (Å²) in [6, 6.07) is 6.17. The van der Waals surface area contributed by atoms with Crippen molar-refractivity contribution in [2.45, 2.75) is 19.8 Å². The molecule has 1 aromatic heterocycles. The third-order valence-electron chi connectivity index (χ3n) is 2.59. The van der Waals surface area contributed by atoms with E-state index in [2.05, 4.69) is 38.1 Å². The van der Waals surface area contributed by atoms with Gasteiger partial charge in [0, 0.05) is 19.5 Å². The number of aryl methyl sites for hydroxylation is 1.